The van der Waals surface area contributed by atoms with Gasteiger partial charge >= 0.3 is 6.09 Å². The van der Waals surface area contributed by atoms with Gasteiger partial charge in [0.05, 0.1) is 19.3 Å². The summed E-state index contributed by atoms with van der Waals surface area (Å²) in [6.07, 6.45) is 0.0104. The molecule has 2 N–H and O–H groups in total. The first-order chi connectivity index (χ1) is 10.8. The summed E-state index contributed by atoms with van der Waals surface area (Å²) in [5.41, 5.74) is 0.222. The highest BCUT2D eigenvalue weighted by Crippen LogP contribution is 2.24. The molecule has 126 valence electrons. The molecule has 7 heteroatoms. The van der Waals surface area contributed by atoms with Gasteiger partial charge in [-0.25, -0.2) is 4.79 Å². The Labute approximate surface area is 135 Å². The van der Waals surface area contributed by atoms with E-state index in [1.807, 2.05) is 19.0 Å². The van der Waals surface area contributed by atoms with Crippen LogP contribution in [0.4, 0.5) is 10.5 Å². The maximum absolute atomic E-state index is 12.5. The fourth-order valence-electron chi connectivity index (χ4n) is 2.80. The van der Waals surface area contributed by atoms with E-state index >= 15 is 0 Å². The average Bonchev–Trinajstić information content (AvgIpc) is 2.88. The fourth-order valence-corrected chi connectivity index (χ4v) is 2.80. The van der Waals surface area contributed by atoms with Gasteiger partial charge in [-0.15, -0.1) is 0 Å². The first-order valence-electron chi connectivity index (χ1n) is 7.44. The molecule has 1 saturated heterocycles. The minimum absolute atomic E-state index is 0.121. The smallest absolute Gasteiger partial charge is 0.411 e. The van der Waals surface area contributed by atoms with E-state index < -0.39 is 11.7 Å². The number of likely N-dealkylation sites (N-methyl/N-ethyl adjacent to an activating group) is 1. The SMILES string of the molecule is COC(=O)Nc1ccc(C(=O)N2CCC(O)(CN(C)C)C2)cc1. The van der Waals surface area contributed by atoms with Crippen molar-refractivity contribution in [3.05, 3.63) is 29.8 Å². The first-order valence-corrected chi connectivity index (χ1v) is 7.44. The first kappa shape index (κ1) is 17.2. The molecule has 1 heterocycles. The summed E-state index contributed by atoms with van der Waals surface area (Å²) in [5, 5.41) is 13.0. The Balaban J connectivity index is 2.00. The van der Waals surface area contributed by atoms with Crippen molar-refractivity contribution in [2.24, 2.45) is 0 Å². The third-order valence-corrected chi connectivity index (χ3v) is 3.79. The summed E-state index contributed by atoms with van der Waals surface area (Å²) in [6, 6.07) is 6.59. The number of β-amino-alcohol motifs (C(OH)–C–C–N with tert-alkyl or cyclic N) is 1. The summed E-state index contributed by atoms with van der Waals surface area (Å²) in [7, 11) is 5.08. The lowest BCUT2D eigenvalue weighted by Gasteiger charge is -2.26. The van der Waals surface area contributed by atoms with Crippen LogP contribution in [-0.4, -0.2) is 73.3 Å². The van der Waals surface area contributed by atoms with E-state index in [2.05, 4.69) is 10.1 Å². The quantitative estimate of drug-likeness (QED) is 0.865. The average molecular weight is 321 g/mol. The third kappa shape index (κ3) is 4.43. The van der Waals surface area contributed by atoms with Gasteiger partial charge < -0.3 is 19.6 Å². The maximum Gasteiger partial charge on any atom is 0.411 e. The van der Waals surface area contributed by atoms with Crippen LogP contribution >= 0.6 is 0 Å². The van der Waals surface area contributed by atoms with Crippen LogP contribution in [-0.2, 0) is 4.74 Å². The van der Waals surface area contributed by atoms with Crippen molar-refractivity contribution >= 4 is 17.7 Å². The van der Waals surface area contributed by atoms with Gasteiger partial charge in [0, 0.05) is 24.3 Å². The summed E-state index contributed by atoms with van der Waals surface area (Å²) >= 11 is 0. The number of nitrogens with zero attached hydrogens (tertiary/aromatic N) is 2. The normalized spacial score (nSPS) is 20.7. The van der Waals surface area contributed by atoms with Crippen LogP contribution in [0, 0.1) is 0 Å². The topological polar surface area (TPSA) is 82.1 Å². The van der Waals surface area contributed by atoms with E-state index in [9.17, 15) is 14.7 Å². The predicted molar refractivity (Wildman–Crippen MR) is 86.5 cm³/mol. The van der Waals surface area contributed by atoms with Crippen LogP contribution in [0.1, 0.15) is 16.8 Å². The molecule has 1 aliphatic rings. The van der Waals surface area contributed by atoms with Gasteiger partial charge in [-0.05, 0) is 44.8 Å². The van der Waals surface area contributed by atoms with Crippen LogP contribution in [0.15, 0.2) is 24.3 Å². The number of anilines is 1. The Kier molecular flexibility index (Phi) is 5.23. The Morgan fingerprint density at radius 2 is 2.00 bits per heavy atom. The van der Waals surface area contributed by atoms with Gasteiger partial charge in [-0.2, -0.15) is 0 Å². The van der Waals surface area contributed by atoms with Crippen LogP contribution in [0.5, 0.6) is 0 Å². The van der Waals surface area contributed by atoms with Crippen molar-refractivity contribution in [2.45, 2.75) is 12.0 Å². The Bertz CT molecular complexity index is 573. The number of benzene rings is 1. The number of carbonyl (C=O) groups excluding carboxylic acids is 2. The number of likely N-dealkylation sites (tertiary alicyclic amines) is 1. The molecule has 1 fully saturated rings. The molecule has 2 amide bonds. The summed E-state index contributed by atoms with van der Waals surface area (Å²) < 4.78 is 4.51. The predicted octanol–water partition coefficient (Wildman–Crippen LogP) is 1.00. The molecular formula is C16H23N3O4. The molecule has 23 heavy (non-hydrogen) atoms. The Hall–Kier alpha value is -2.12. The molecule has 0 aliphatic carbocycles. The fraction of sp³-hybridized carbons (Fsp3) is 0.500. The molecule has 7 nitrogen and oxygen atoms in total. The van der Waals surface area contributed by atoms with E-state index in [1.54, 1.807) is 29.2 Å². The lowest BCUT2D eigenvalue weighted by molar-refractivity contribution is 0.0236. The van der Waals surface area contributed by atoms with E-state index in [4.69, 9.17) is 0 Å². The largest absolute Gasteiger partial charge is 0.453 e. The van der Waals surface area contributed by atoms with E-state index in [1.165, 1.54) is 7.11 Å². The highest BCUT2D eigenvalue weighted by molar-refractivity contribution is 5.95. The van der Waals surface area contributed by atoms with Crippen molar-refractivity contribution in [3.8, 4) is 0 Å². The van der Waals surface area contributed by atoms with Gasteiger partial charge in [0.15, 0.2) is 0 Å². The molecular weight excluding hydrogens is 298 g/mol. The second-order valence-corrected chi connectivity index (χ2v) is 6.13. The zero-order valence-corrected chi connectivity index (χ0v) is 13.7. The van der Waals surface area contributed by atoms with Gasteiger partial charge in [0.25, 0.3) is 5.91 Å². The van der Waals surface area contributed by atoms with E-state index in [0.29, 0.717) is 37.3 Å². The monoisotopic (exact) mass is 321 g/mol. The minimum Gasteiger partial charge on any atom is -0.453 e. The lowest BCUT2D eigenvalue weighted by Crippen LogP contribution is -2.43. The molecule has 0 bridgehead atoms. The van der Waals surface area contributed by atoms with Gasteiger partial charge in [0.1, 0.15) is 0 Å². The second kappa shape index (κ2) is 6.97. The Morgan fingerprint density at radius 3 is 2.57 bits per heavy atom. The molecule has 1 atom stereocenters. The molecule has 1 aromatic carbocycles. The van der Waals surface area contributed by atoms with Crippen LogP contribution < -0.4 is 5.32 Å². The highest BCUT2D eigenvalue weighted by atomic mass is 16.5. The molecule has 1 aliphatic heterocycles. The second-order valence-electron chi connectivity index (χ2n) is 6.13. The summed E-state index contributed by atoms with van der Waals surface area (Å²) in [5.74, 6) is -0.121. The number of ether oxygens (including phenoxy) is 1. The minimum atomic E-state index is -0.856. The van der Waals surface area contributed by atoms with Gasteiger partial charge in [-0.3, -0.25) is 10.1 Å². The molecule has 0 spiro atoms. The van der Waals surface area contributed by atoms with Crippen LogP contribution in [0.25, 0.3) is 0 Å². The number of amides is 2. The zero-order valence-electron chi connectivity index (χ0n) is 13.7. The van der Waals surface area contributed by atoms with E-state index in [0.717, 1.165) is 0 Å². The van der Waals surface area contributed by atoms with Crippen LogP contribution in [0.2, 0.25) is 0 Å². The van der Waals surface area contributed by atoms with Crippen molar-refractivity contribution < 1.29 is 19.4 Å². The standard InChI is InChI=1S/C16H23N3O4/c1-18(2)10-16(22)8-9-19(11-16)14(20)12-4-6-13(7-5-12)17-15(21)23-3/h4-7,22H,8-11H2,1-3H3,(H,17,21). The zero-order chi connectivity index (χ0) is 17.0. The van der Waals surface area contributed by atoms with Crippen molar-refractivity contribution in [3.63, 3.8) is 0 Å². The molecule has 0 radical (unpaired) electrons. The number of nitrogens with one attached hydrogen (secondary N) is 1. The Morgan fingerprint density at radius 1 is 1.35 bits per heavy atom. The molecule has 0 aromatic heterocycles. The van der Waals surface area contributed by atoms with Gasteiger partial charge in [-0.1, -0.05) is 0 Å². The van der Waals surface area contributed by atoms with Gasteiger partial charge in [0.2, 0.25) is 0 Å². The maximum atomic E-state index is 12.5. The molecule has 2 rings (SSSR count). The summed E-state index contributed by atoms with van der Waals surface area (Å²) in [4.78, 5) is 27.2. The van der Waals surface area contributed by atoms with E-state index in [-0.39, 0.29) is 5.91 Å². The van der Waals surface area contributed by atoms with Crippen molar-refractivity contribution in [1.82, 2.24) is 9.80 Å². The number of hydrogen-bond acceptors (Lipinski definition) is 5. The van der Waals surface area contributed by atoms with Crippen molar-refractivity contribution in [2.75, 3.05) is 46.2 Å². The third-order valence-electron chi connectivity index (χ3n) is 3.79. The number of aliphatic hydroxyl groups is 1. The number of methoxy groups -OCH3 is 1. The molecule has 0 saturated carbocycles. The number of carbonyl (C=O) groups is 2. The number of rotatable bonds is 4. The lowest BCUT2D eigenvalue weighted by atomic mass is 10.0. The molecule has 1 aromatic rings. The summed E-state index contributed by atoms with van der Waals surface area (Å²) in [6.45, 7) is 1.39. The van der Waals surface area contributed by atoms with Crippen molar-refractivity contribution in [1.29, 1.82) is 0 Å². The highest BCUT2D eigenvalue weighted by Gasteiger charge is 2.38. The van der Waals surface area contributed by atoms with Crippen LogP contribution in [0.3, 0.4) is 0 Å². The number of hydrogen-bond donors (Lipinski definition) is 2. The molecule has 1 unspecified atom stereocenters.